The lowest BCUT2D eigenvalue weighted by Crippen LogP contribution is -2.01. The molecule has 1 heterocycles. The van der Waals surface area contributed by atoms with Gasteiger partial charge in [-0.15, -0.1) is 11.3 Å². The highest BCUT2D eigenvalue weighted by Gasteiger charge is 2.07. The Morgan fingerprint density at radius 1 is 1.44 bits per heavy atom. The van der Waals surface area contributed by atoms with Crippen molar-refractivity contribution in [3.63, 3.8) is 0 Å². The molecule has 0 saturated carbocycles. The number of hydrogen-bond acceptors (Lipinski definition) is 3. The number of rotatable bonds is 3. The van der Waals surface area contributed by atoms with E-state index in [2.05, 4.69) is 33.0 Å². The van der Waals surface area contributed by atoms with Gasteiger partial charge in [0.1, 0.15) is 0 Å². The molecule has 0 spiro atoms. The molecule has 16 heavy (non-hydrogen) atoms. The first kappa shape index (κ1) is 11.8. The Kier molecular flexibility index (Phi) is 3.74. The Hall–Kier alpha value is -0.710. The minimum Gasteiger partial charge on any atom is -0.323 e. The van der Waals surface area contributed by atoms with E-state index in [1.807, 2.05) is 25.3 Å². The van der Waals surface area contributed by atoms with Crippen molar-refractivity contribution in [3.05, 3.63) is 50.4 Å². The van der Waals surface area contributed by atoms with Crippen LogP contribution in [-0.4, -0.2) is 4.98 Å². The first-order chi connectivity index (χ1) is 7.66. The predicted molar refractivity (Wildman–Crippen MR) is 71.7 cm³/mol. The Morgan fingerprint density at radius 2 is 2.19 bits per heavy atom. The second-order valence-corrected chi connectivity index (χ2v) is 5.71. The highest BCUT2D eigenvalue weighted by atomic mass is 79.9. The van der Waals surface area contributed by atoms with Gasteiger partial charge in [-0.2, -0.15) is 0 Å². The van der Waals surface area contributed by atoms with Crippen molar-refractivity contribution in [2.24, 2.45) is 5.73 Å². The third kappa shape index (κ3) is 2.70. The third-order valence-electron chi connectivity index (χ3n) is 2.32. The largest absolute Gasteiger partial charge is 0.323 e. The predicted octanol–water partition coefficient (Wildman–Crippen LogP) is 3.52. The van der Waals surface area contributed by atoms with Crippen LogP contribution in [0.25, 0.3) is 0 Å². The van der Waals surface area contributed by atoms with Crippen molar-refractivity contribution in [2.75, 3.05) is 0 Å². The smallest absolute Gasteiger partial charge is 0.0972 e. The third-order valence-corrected chi connectivity index (χ3v) is 4.29. The van der Waals surface area contributed by atoms with Gasteiger partial charge in [0.05, 0.1) is 5.01 Å². The van der Waals surface area contributed by atoms with Gasteiger partial charge in [0.2, 0.25) is 0 Å². The van der Waals surface area contributed by atoms with E-state index in [9.17, 15) is 0 Å². The molecule has 2 rings (SSSR count). The van der Waals surface area contributed by atoms with Crippen LogP contribution in [0.1, 0.15) is 28.4 Å². The molecule has 2 N–H and O–H groups in total. The zero-order chi connectivity index (χ0) is 11.5. The van der Waals surface area contributed by atoms with E-state index in [0.717, 1.165) is 20.8 Å². The molecule has 84 valence electrons. The molecule has 1 aromatic carbocycles. The molecule has 2 aromatic rings. The molecule has 0 aliphatic rings. The molecule has 0 bridgehead atoms. The molecule has 0 aliphatic carbocycles. The van der Waals surface area contributed by atoms with Gasteiger partial charge in [0, 0.05) is 28.0 Å². The lowest BCUT2D eigenvalue weighted by molar-refractivity contribution is 0.835. The van der Waals surface area contributed by atoms with E-state index >= 15 is 0 Å². The fourth-order valence-corrected chi connectivity index (χ4v) is 2.74. The first-order valence-electron chi connectivity index (χ1n) is 5.10. The number of aromatic nitrogens is 1. The normalized spacial score (nSPS) is 12.7. The van der Waals surface area contributed by atoms with Gasteiger partial charge in [-0.25, -0.2) is 4.98 Å². The monoisotopic (exact) mass is 296 g/mol. The summed E-state index contributed by atoms with van der Waals surface area (Å²) in [6, 6.07) is 8.29. The summed E-state index contributed by atoms with van der Waals surface area (Å²) in [6.45, 7) is 1.98. The SMILES string of the molecule is CC(N)c1cnc(Cc2ccccc2Br)s1. The number of thiazole rings is 1. The Balaban J connectivity index is 2.18. The lowest BCUT2D eigenvalue weighted by Gasteiger charge is -2.01. The highest BCUT2D eigenvalue weighted by Crippen LogP contribution is 2.24. The average molecular weight is 297 g/mol. The number of halogens is 1. The molecule has 1 atom stereocenters. The van der Waals surface area contributed by atoms with Gasteiger partial charge in [-0.3, -0.25) is 0 Å². The van der Waals surface area contributed by atoms with Crippen LogP contribution >= 0.6 is 27.3 Å². The van der Waals surface area contributed by atoms with Gasteiger partial charge < -0.3 is 5.73 Å². The van der Waals surface area contributed by atoms with Crippen molar-refractivity contribution in [1.29, 1.82) is 0 Å². The number of hydrogen-bond donors (Lipinski definition) is 1. The summed E-state index contributed by atoms with van der Waals surface area (Å²) in [6.07, 6.45) is 2.74. The molecule has 0 radical (unpaired) electrons. The zero-order valence-corrected chi connectivity index (χ0v) is 11.4. The van der Waals surface area contributed by atoms with E-state index in [-0.39, 0.29) is 6.04 Å². The fourth-order valence-electron chi connectivity index (χ4n) is 1.42. The van der Waals surface area contributed by atoms with Gasteiger partial charge in [0.15, 0.2) is 0 Å². The molecule has 0 aliphatic heterocycles. The lowest BCUT2D eigenvalue weighted by atomic mass is 10.2. The second-order valence-electron chi connectivity index (χ2n) is 3.71. The molecule has 0 fully saturated rings. The summed E-state index contributed by atoms with van der Waals surface area (Å²) in [4.78, 5) is 5.53. The summed E-state index contributed by atoms with van der Waals surface area (Å²) in [7, 11) is 0. The van der Waals surface area contributed by atoms with Crippen LogP contribution in [0, 0.1) is 0 Å². The van der Waals surface area contributed by atoms with E-state index < -0.39 is 0 Å². The standard InChI is InChI=1S/C12H13BrN2S/c1-8(14)11-7-15-12(16-11)6-9-4-2-3-5-10(9)13/h2-5,7-8H,6,14H2,1H3. The molecule has 1 unspecified atom stereocenters. The van der Waals surface area contributed by atoms with Crippen LogP contribution in [0.15, 0.2) is 34.9 Å². The quantitative estimate of drug-likeness (QED) is 0.941. The van der Waals surface area contributed by atoms with Gasteiger partial charge in [-0.1, -0.05) is 34.1 Å². The van der Waals surface area contributed by atoms with Crippen molar-refractivity contribution in [1.82, 2.24) is 4.98 Å². The molecule has 0 amide bonds. The van der Waals surface area contributed by atoms with E-state index in [1.165, 1.54) is 5.56 Å². The summed E-state index contributed by atoms with van der Waals surface area (Å²) >= 11 is 5.23. The Labute approximate surface area is 108 Å². The average Bonchev–Trinajstić information content (AvgIpc) is 2.70. The van der Waals surface area contributed by atoms with Gasteiger partial charge >= 0.3 is 0 Å². The molecule has 0 saturated heterocycles. The van der Waals surface area contributed by atoms with Crippen LogP contribution in [0.2, 0.25) is 0 Å². The minimum atomic E-state index is 0.0745. The van der Waals surface area contributed by atoms with Crippen LogP contribution in [0.3, 0.4) is 0 Å². The van der Waals surface area contributed by atoms with E-state index in [1.54, 1.807) is 11.3 Å². The van der Waals surface area contributed by atoms with Crippen LogP contribution < -0.4 is 5.73 Å². The topological polar surface area (TPSA) is 38.9 Å². The van der Waals surface area contributed by atoms with Crippen molar-refractivity contribution in [2.45, 2.75) is 19.4 Å². The summed E-state index contributed by atoms with van der Waals surface area (Å²) < 4.78 is 1.13. The summed E-state index contributed by atoms with van der Waals surface area (Å²) in [5, 5.41) is 1.11. The number of benzene rings is 1. The fraction of sp³-hybridized carbons (Fsp3) is 0.250. The number of nitrogens with zero attached hydrogens (tertiary/aromatic N) is 1. The van der Waals surface area contributed by atoms with Gasteiger partial charge in [-0.05, 0) is 18.6 Å². The molecule has 2 nitrogen and oxygen atoms in total. The zero-order valence-electron chi connectivity index (χ0n) is 8.98. The Bertz CT molecular complexity index is 479. The van der Waals surface area contributed by atoms with Crippen LogP contribution in [-0.2, 0) is 6.42 Å². The van der Waals surface area contributed by atoms with Gasteiger partial charge in [0.25, 0.3) is 0 Å². The Morgan fingerprint density at radius 3 is 2.81 bits per heavy atom. The number of nitrogens with two attached hydrogens (primary N) is 1. The van der Waals surface area contributed by atoms with Crippen molar-refractivity contribution >= 4 is 27.3 Å². The highest BCUT2D eigenvalue weighted by molar-refractivity contribution is 9.10. The summed E-state index contributed by atoms with van der Waals surface area (Å²) in [5.41, 5.74) is 7.07. The second kappa shape index (κ2) is 5.08. The van der Waals surface area contributed by atoms with E-state index in [0.29, 0.717) is 0 Å². The maximum atomic E-state index is 5.81. The maximum Gasteiger partial charge on any atom is 0.0972 e. The molecule has 1 aromatic heterocycles. The van der Waals surface area contributed by atoms with Crippen molar-refractivity contribution < 1.29 is 0 Å². The van der Waals surface area contributed by atoms with Crippen molar-refractivity contribution in [3.8, 4) is 0 Å². The van der Waals surface area contributed by atoms with E-state index in [4.69, 9.17) is 5.73 Å². The minimum absolute atomic E-state index is 0.0745. The summed E-state index contributed by atoms with van der Waals surface area (Å²) in [5.74, 6) is 0. The molecular weight excluding hydrogens is 284 g/mol. The molecular formula is C12H13BrN2S. The first-order valence-corrected chi connectivity index (χ1v) is 6.71. The molecule has 4 heteroatoms. The maximum absolute atomic E-state index is 5.81. The van der Waals surface area contributed by atoms with Crippen LogP contribution in [0.4, 0.5) is 0 Å². The van der Waals surface area contributed by atoms with Crippen LogP contribution in [0.5, 0.6) is 0 Å².